The number of thiazole rings is 1. The summed E-state index contributed by atoms with van der Waals surface area (Å²) in [6, 6.07) is 27.8. The number of aromatic amines is 1. The summed E-state index contributed by atoms with van der Waals surface area (Å²) in [6.45, 7) is -0.185. The molecule has 4 aromatic carbocycles. The van der Waals surface area contributed by atoms with Crippen molar-refractivity contribution < 1.29 is 19.1 Å². The molecule has 2 aliphatic heterocycles. The van der Waals surface area contributed by atoms with Gasteiger partial charge in [-0.05, 0) is 64.9 Å². The zero-order chi connectivity index (χ0) is 29.7. The van der Waals surface area contributed by atoms with E-state index in [4.69, 9.17) is 4.74 Å². The molecule has 1 saturated heterocycles. The number of hydrogen-bond donors (Lipinski definition) is 2. The Hall–Kier alpha value is -4.19. The molecule has 11 heteroatoms. The number of carbonyl (C=O) groups excluding carboxylic acids is 3. The molecule has 0 saturated carbocycles. The van der Waals surface area contributed by atoms with Crippen LogP contribution in [0.15, 0.2) is 105 Å². The number of aromatic nitrogens is 1. The van der Waals surface area contributed by atoms with Gasteiger partial charge < -0.3 is 15.0 Å². The van der Waals surface area contributed by atoms with Gasteiger partial charge in [-0.15, -0.1) is 0 Å². The molecule has 0 aliphatic carbocycles. The lowest BCUT2D eigenvalue weighted by Gasteiger charge is -2.29. The van der Waals surface area contributed by atoms with Crippen LogP contribution in [0.25, 0.3) is 10.8 Å². The number of amides is 3. The summed E-state index contributed by atoms with van der Waals surface area (Å²) in [7, 11) is 0. The molecule has 2 aliphatic rings. The number of halogens is 1. The summed E-state index contributed by atoms with van der Waals surface area (Å²) in [5.41, 5.74) is 1.97. The SMILES string of the molecule is O=C(COc1ccc(C2c3sc(=O)[nH]c3SC3C(=O)N(c4ccc(Br)cc4)C(=O)C32)cc1)Nc1ccc2ccccc2c1. The number of rotatable bonds is 6. The third-order valence-electron chi connectivity index (χ3n) is 7.55. The summed E-state index contributed by atoms with van der Waals surface area (Å²) in [6.07, 6.45) is 0. The number of imide groups is 1. The van der Waals surface area contributed by atoms with Crippen molar-refractivity contribution in [3.05, 3.63) is 116 Å². The number of thioether (sulfide) groups is 1. The number of anilines is 2. The second-order valence-corrected chi connectivity index (χ2v) is 13.3. The van der Waals surface area contributed by atoms with Gasteiger partial charge >= 0.3 is 4.87 Å². The van der Waals surface area contributed by atoms with Gasteiger partial charge in [-0.1, -0.05) is 81.5 Å². The van der Waals surface area contributed by atoms with E-state index in [0.29, 0.717) is 22.2 Å². The molecule has 8 nitrogen and oxygen atoms in total. The van der Waals surface area contributed by atoms with Crippen molar-refractivity contribution >= 4 is 78.9 Å². The largest absolute Gasteiger partial charge is 0.484 e. The zero-order valence-corrected chi connectivity index (χ0v) is 25.5. The third-order valence-corrected chi connectivity index (χ3v) is 10.5. The van der Waals surface area contributed by atoms with Crippen LogP contribution in [0.2, 0.25) is 0 Å². The van der Waals surface area contributed by atoms with E-state index in [1.807, 2.05) is 54.6 Å². The number of H-pyrrole nitrogens is 1. The van der Waals surface area contributed by atoms with E-state index < -0.39 is 17.1 Å². The lowest BCUT2D eigenvalue weighted by molar-refractivity contribution is -0.122. The molecule has 0 spiro atoms. The Labute approximate surface area is 262 Å². The molecule has 1 fully saturated rings. The number of ether oxygens (including phenoxy) is 1. The van der Waals surface area contributed by atoms with E-state index in [1.54, 1.807) is 36.4 Å². The van der Waals surface area contributed by atoms with Crippen LogP contribution in [0.3, 0.4) is 0 Å². The molecule has 7 rings (SSSR count). The van der Waals surface area contributed by atoms with Crippen LogP contribution >= 0.6 is 39.0 Å². The molecular weight excluding hydrogens is 650 g/mol. The molecule has 1 aromatic heterocycles. The van der Waals surface area contributed by atoms with E-state index in [2.05, 4.69) is 26.2 Å². The van der Waals surface area contributed by atoms with Crippen LogP contribution < -0.4 is 19.8 Å². The van der Waals surface area contributed by atoms with Gasteiger partial charge in [0.1, 0.15) is 11.0 Å². The number of fused-ring (bicyclic) bond motifs is 3. The first-order valence-electron chi connectivity index (χ1n) is 13.4. The van der Waals surface area contributed by atoms with E-state index in [-0.39, 0.29) is 29.2 Å². The van der Waals surface area contributed by atoms with Crippen molar-refractivity contribution in [2.75, 3.05) is 16.8 Å². The molecule has 3 unspecified atom stereocenters. The highest BCUT2D eigenvalue weighted by Crippen LogP contribution is 2.53. The Morgan fingerprint density at radius 1 is 0.907 bits per heavy atom. The fraction of sp³-hybridized carbons (Fsp3) is 0.125. The van der Waals surface area contributed by atoms with Gasteiger partial charge in [-0.3, -0.25) is 19.2 Å². The maximum atomic E-state index is 13.8. The lowest BCUT2D eigenvalue weighted by Crippen LogP contribution is -2.32. The van der Waals surface area contributed by atoms with Gasteiger partial charge in [-0.2, -0.15) is 0 Å². The molecule has 43 heavy (non-hydrogen) atoms. The smallest absolute Gasteiger partial charge is 0.305 e. The molecule has 3 amide bonds. The third kappa shape index (κ3) is 5.17. The Morgan fingerprint density at radius 2 is 1.65 bits per heavy atom. The molecule has 5 aromatic rings. The molecule has 0 bridgehead atoms. The topological polar surface area (TPSA) is 109 Å². The van der Waals surface area contributed by atoms with Crippen LogP contribution in [-0.4, -0.2) is 34.6 Å². The Bertz CT molecular complexity index is 1950. The lowest BCUT2D eigenvalue weighted by atomic mass is 9.83. The number of hydrogen-bond acceptors (Lipinski definition) is 7. The maximum Gasteiger partial charge on any atom is 0.305 e. The van der Waals surface area contributed by atoms with Gasteiger partial charge in [0.15, 0.2) is 6.61 Å². The van der Waals surface area contributed by atoms with Gasteiger partial charge in [-0.25, -0.2) is 4.90 Å². The van der Waals surface area contributed by atoms with Gasteiger partial charge in [0, 0.05) is 21.0 Å². The first kappa shape index (κ1) is 27.6. The summed E-state index contributed by atoms with van der Waals surface area (Å²) >= 11 is 5.70. The molecule has 2 N–H and O–H groups in total. The first-order chi connectivity index (χ1) is 20.9. The Kier molecular flexibility index (Phi) is 7.16. The van der Waals surface area contributed by atoms with Crippen LogP contribution in [-0.2, 0) is 14.4 Å². The van der Waals surface area contributed by atoms with Crippen LogP contribution in [0.1, 0.15) is 16.4 Å². The van der Waals surface area contributed by atoms with Crippen molar-refractivity contribution in [1.82, 2.24) is 4.98 Å². The quantitative estimate of drug-likeness (QED) is 0.209. The summed E-state index contributed by atoms with van der Waals surface area (Å²) < 4.78 is 6.59. The predicted molar refractivity (Wildman–Crippen MR) is 171 cm³/mol. The minimum atomic E-state index is -0.681. The zero-order valence-electron chi connectivity index (χ0n) is 22.3. The van der Waals surface area contributed by atoms with Gasteiger partial charge in [0.2, 0.25) is 11.8 Å². The predicted octanol–water partition coefficient (Wildman–Crippen LogP) is 6.17. The minimum Gasteiger partial charge on any atom is -0.484 e. The number of carbonyl (C=O) groups is 3. The average Bonchev–Trinajstić information content (AvgIpc) is 3.51. The van der Waals surface area contributed by atoms with Crippen molar-refractivity contribution in [1.29, 1.82) is 0 Å². The van der Waals surface area contributed by atoms with Crippen molar-refractivity contribution in [2.24, 2.45) is 5.92 Å². The fourth-order valence-corrected chi connectivity index (χ4v) is 8.38. The minimum absolute atomic E-state index is 0.185. The summed E-state index contributed by atoms with van der Waals surface area (Å²) in [5, 5.41) is 4.92. The second kappa shape index (κ2) is 11.1. The number of nitrogens with zero attached hydrogens (tertiary/aromatic N) is 1. The maximum absolute atomic E-state index is 13.8. The van der Waals surface area contributed by atoms with Crippen LogP contribution in [0.5, 0.6) is 5.75 Å². The van der Waals surface area contributed by atoms with Gasteiger partial charge in [0.05, 0.1) is 16.6 Å². The fourth-order valence-electron chi connectivity index (χ4n) is 5.61. The van der Waals surface area contributed by atoms with Crippen LogP contribution in [0.4, 0.5) is 11.4 Å². The molecule has 214 valence electrons. The highest BCUT2D eigenvalue weighted by molar-refractivity contribution is 9.10. The Morgan fingerprint density at radius 3 is 2.42 bits per heavy atom. The van der Waals surface area contributed by atoms with E-state index in [1.165, 1.54) is 16.7 Å². The second-order valence-electron chi connectivity index (χ2n) is 10.2. The van der Waals surface area contributed by atoms with Gasteiger partial charge in [0.25, 0.3) is 5.91 Å². The van der Waals surface area contributed by atoms with Crippen LogP contribution in [0, 0.1) is 5.92 Å². The summed E-state index contributed by atoms with van der Waals surface area (Å²) in [4.78, 5) is 56.9. The number of nitrogens with one attached hydrogen (secondary N) is 2. The monoisotopic (exact) mass is 671 g/mol. The summed E-state index contributed by atoms with van der Waals surface area (Å²) in [5.74, 6) is -1.59. The van der Waals surface area contributed by atoms with Crippen molar-refractivity contribution in [3.63, 3.8) is 0 Å². The molecule has 0 radical (unpaired) electrons. The average molecular weight is 673 g/mol. The normalized spacial score (nSPS) is 19.3. The van der Waals surface area contributed by atoms with E-state index in [0.717, 1.165) is 37.0 Å². The highest BCUT2D eigenvalue weighted by Gasteiger charge is 2.56. The number of benzene rings is 4. The molecule has 3 atom stereocenters. The van der Waals surface area contributed by atoms with E-state index in [9.17, 15) is 19.2 Å². The molecule has 3 heterocycles. The van der Waals surface area contributed by atoms with Crippen molar-refractivity contribution in [3.8, 4) is 5.75 Å². The molecular formula is C32H22BrN3O5S2. The van der Waals surface area contributed by atoms with E-state index >= 15 is 0 Å². The highest BCUT2D eigenvalue weighted by atomic mass is 79.9. The first-order valence-corrected chi connectivity index (χ1v) is 15.9. The Balaban J connectivity index is 1.10. The van der Waals surface area contributed by atoms with Crippen molar-refractivity contribution in [2.45, 2.75) is 16.2 Å². The standard InChI is InChI=1S/C32H22BrN3O5S2/c33-20-8-11-22(12-9-20)36-30(38)26-25(27-29(35-32(40)43-27)42-28(26)31(36)39)18-6-13-23(14-7-18)41-16-24(37)34-21-10-5-17-3-1-2-4-19(17)15-21/h1-15,25-26,28H,16H2,(H,34,37)(H,35,40).